The van der Waals surface area contributed by atoms with E-state index in [4.69, 9.17) is 10.8 Å². The lowest BCUT2D eigenvalue weighted by atomic mass is 10.1. The molecule has 0 bridgehead atoms. The number of hydrogen-bond acceptors (Lipinski definition) is 6. The molecule has 4 heterocycles. The molecule has 1 fully saturated rings. The maximum absolute atomic E-state index is 6.22. The summed E-state index contributed by atoms with van der Waals surface area (Å²) in [6.07, 6.45) is 5.52. The molecular weight excluding hydrogens is 326 g/mol. The normalized spacial score (nSPS) is 17.8. The second kappa shape index (κ2) is 6.03. The number of rotatable bonds is 2. The minimum Gasteiger partial charge on any atom is -0.383 e. The van der Waals surface area contributed by atoms with Crippen molar-refractivity contribution >= 4 is 27.8 Å². The molecule has 3 N–H and O–H groups in total. The van der Waals surface area contributed by atoms with Crippen LogP contribution < -0.4 is 11.1 Å². The smallest absolute Gasteiger partial charge is 0.164 e. The van der Waals surface area contributed by atoms with Crippen molar-refractivity contribution in [3.63, 3.8) is 0 Å². The van der Waals surface area contributed by atoms with Crippen LogP contribution in [0.25, 0.3) is 33.2 Å². The zero-order valence-electron chi connectivity index (χ0n) is 14.3. The number of nitrogens with two attached hydrogens (primary N) is 1. The number of nitrogen functional groups attached to an aromatic ring is 1. The lowest BCUT2D eigenvalue weighted by Crippen LogP contribution is -2.32. The number of hydrogen-bond donors (Lipinski definition) is 2. The van der Waals surface area contributed by atoms with Gasteiger partial charge < -0.3 is 11.1 Å². The van der Waals surface area contributed by atoms with Crippen molar-refractivity contribution in [1.29, 1.82) is 0 Å². The summed E-state index contributed by atoms with van der Waals surface area (Å²) in [7, 11) is 0. The van der Waals surface area contributed by atoms with Gasteiger partial charge in [-0.3, -0.25) is 4.98 Å². The first kappa shape index (κ1) is 15.2. The summed E-state index contributed by atoms with van der Waals surface area (Å²) in [6, 6.07) is 10.4. The maximum Gasteiger partial charge on any atom is 0.164 e. The standard InChI is InChI=1S/C19H19N7/c20-18-16-17(13-5-6-15-12(9-13)3-1-8-22-15)25-26(19(16)24-11-23-18)14-4-2-7-21-10-14/h1,3,5-6,8-9,11,14,21H,2,4,7,10H2,(H2,20,23,24)/t14-/m1/s1. The molecule has 1 aliphatic heterocycles. The van der Waals surface area contributed by atoms with Gasteiger partial charge in [0.1, 0.15) is 17.8 Å². The Morgan fingerprint density at radius 1 is 1.15 bits per heavy atom. The van der Waals surface area contributed by atoms with Gasteiger partial charge in [-0.25, -0.2) is 14.6 Å². The van der Waals surface area contributed by atoms with Crippen molar-refractivity contribution < 1.29 is 0 Å². The molecule has 0 unspecified atom stereocenters. The predicted octanol–water partition coefficient (Wildman–Crippen LogP) is 2.55. The van der Waals surface area contributed by atoms with Gasteiger partial charge in [0.2, 0.25) is 0 Å². The number of aromatic nitrogens is 5. The highest BCUT2D eigenvalue weighted by Crippen LogP contribution is 2.33. The Labute approximate surface area is 150 Å². The van der Waals surface area contributed by atoms with Gasteiger partial charge in [0, 0.05) is 23.7 Å². The number of benzene rings is 1. The van der Waals surface area contributed by atoms with Gasteiger partial charge in [-0.15, -0.1) is 0 Å². The predicted molar refractivity (Wildman–Crippen MR) is 102 cm³/mol. The van der Waals surface area contributed by atoms with Crippen LogP contribution in [-0.2, 0) is 0 Å². The van der Waals surface area contributed by atoms with Gasteiger partial charge in [-0.05, 0) is 37.6 Å². The molecule has 0 aliphatic carbocycles. The van der Waals surface area contributed by atoms with E-state index in [0.29, 0.717) is 5.82 Å². The summed E-state index contributed by atoms with van der Waals surface area (Å²) in [6.45, 7) is 1.94. The molecule has 1 aliphatic rings. The lowest BCUT2D eigenvalue weighted by molar-refractivity contribution is 0.354. The Kier molecular flexibility index (Phi) is 3.53. The van der Waals surface area contributed by atoms with Crippen molar-refractivity contribution in [2.45, 2.75) is 18.9 Å². The topological polar surface area (TPSA) is 94.5 Å². The van der Waals surface area contributed by atoms with Crippen LogP contribution in [0, 0.1) is 0 Å². The number of fused-ring (bicyclic) bond motifs is 2. The molecule has 0 spiro atoms. The Balaban J connectivity index is 1.73. The first-order chi connectivity index (χ1) is 12.8. The van der Waals surface area contributed by atoms with Crippen molar-refractivity contribution in [3.05, 3.63) is 42.9 Å². The molecule has 0 amide bonds. The minimum absolute atomic E-state index is 0.274. The Hall–Kier alpha value is -3.06. The monoisotopic (exact) mass is 345 g/mol. The highest BCUT2D eigenvalue weighted by Gasteiger charge is 2.23. The third kappa shape index (κ3) is 2.40. The van der Waals surface area contributed by atoms with Crippen LogP contribution >= 0.6 is 0 Å². The number of nitrogens with one attached hydrogen (secondary N) is 1. The lowest BCUT2D eigenvalue weighted by Gasteiger charge is -2.23. The van der Waals surface area contributed by atoms with E-state index >= 15 is 0 Å². The van der Waals surface area contributed by atoms with E-state index in [1.807, 2.05) is 22.9 Å². The third-order valence-corrected chi connectivity index (χ3v) is 5.01. The zero-order valence-corrected chi connectivity index (χ0v) is 14.3. The first-order valence-corrected chi connectivity index (χ1v) is 8.86. The number of anilines is 1. The molecule has 130 valence electrons. The quantitative estimate of drug-likeness (QED) is 0.580. The van der Waals surface area contributed by atoms with Crippen molar-refractivity contribution in [2.75, 3.05) is 18.8 Å². The van der Waals surface area contributed by atoms with E-state index in [0.717, 1.165) is 59.1 Å². The third-order valence-electron chi connectivity index (χ3n) is 5.01. The fourth-order valence-electron chi connectivity index (χ4n) is 3.72. The summed E-state index contributed by atoms with van der Waals surface area (Å²) in [4.78, 5) is 13.1. The van der Waals surface area contributed by atoms with Crippen LogP contribution in [0.3, 0.4) is 0 Å². The van der Waals surface area contributed by atoms with Gasteiger partial charge >= 0.3 is 0 Å². The molecule has 0 saturated carbocycles. The number of nitrogens with zero attached hydrogens (tertiary/aromatic N) is 5. The average molecular weight is 345 g/mol. The fourth-order valence-corrected chi connectivity index (χ4v) is 3.72. The van der Waals surface area contributed by atoms with Crippen LogP contribution in [0.5, 0.6) is 0 Å². The SMILES string of the molecule is Nc1ncnc2c1c(-c1ccc3ncccc3c1)nn2[C@@H]1CCCNC1. The zero-order chi connectivity index (χ0) is 17.5. The molecule has 26 heavy (non-hydrogen) atoms. The van der Waals surface area contributed by atoms with E-state index in [1.165, 1.54) is 6.33 Å². The highest BCUT2D eigenvalue weighted by molar-refractivity contribution is 5.99. The molecule has 1 aromatic carbocycles. The minimum atomic E-state index is 0.274. The molecule has 1 saturated heterocycles. The molecule has 3 aromatic heterocycles. The fraction of sp³-hybridized carbons (Fsp3) is 0.263. The summed E-state index contributed by atoms with van der Waals surface area (Å²) in [5.41, 5.74) is 9.80. The van der Waals surface area contributed by atoms with E-state index < -0.39 is 0 Å². The average Bonchev–Trinajstić information content (AvgIpc) is 3.09. The van der Waals surface area contributed by atoms with Crippen LogP contribution in [0.1, 0.15) is 18.9 Å². The second-order valence-electron chi connectivity index (χ2n) is 6.66. The van der Waals surface area contributed by atoms with Gasteiger partial charge in [0.25, 0.3) is 0 Å². The molecule has 1 atom stereocenters. The Morgan fingerprint density at radius 3 is 3.00 bits per heavy atom. The van der Waals surface area contributed by atoms with Crippen molar-refractivity contribution in [3.8, 4) is 11.3 Å². The molecule has 7 nitrogen and oxygen atoms in total. The summed E-state index contributed by atoms with van der Waals surface area (Å²) < 4.78 is 2.02. The van der Waals surface area contributed by atoms with Crippen LogP contribution in [0.2, 0.25) is 0 Å². The molecule has 5 rings (SSSR count). The van der Waals surface area contributed by atoms with Gasteiger partial charge in [0.05, 0.1) is 16.9 Å². The Morgan fingerprint density at radius 2 is 2.12 bits per heavy atom. The first-order valence-electron chi connectivity index (χ1n) is 8.86. The van der Waals surface area contributed by atoms with Gasteiger partial charge in [0.15, 0.2) is 5.65 Å². The summed E-state index contributed by atoms with van der Waals surface area (Å²) in [5.74, 6) is 0.464. The largest absolute Gasteiger partial charge is 0.383 e. The Bertz CT molecular complexity index is 1100. The van der Waals surface area contributed by atoms with Crippen molar-refractivity contribution in [1.82, 2.24) is 30.0 Å². The van der Waals surface area contributed by atoms with Crippen LogP contribution in [0.4, 0.5) is 5.82 Å². The number of piperidine rings is 1. The molecule has 4 aromatic rings. The molecule has 0 radical (unpaired) electrons. The van der Waals surface area contributed by atoms with Gasteiger partial charge in [-0.2, -0.15) is 5.10 Å². The highest BCUT2D eigenvalue weighted by atomic mass is 15.3. The van der Waals surface area contributed by atoms with Crippen LogP contribution in [-0.4, -0.2) is 37.8 Å². The van der Waals surface area contributed by atoms with E-state index in [2.05, 4.69) is 32.4 Å². The van der Waals surface area contributed by atoms with Crippen molar-refractivity contribution in [2.24, 2.45) is 0 Å². The second-order valence-corrected chi connectivity index (χ2v) is 6.66. The molecule has 7 heteroatoms. The van der Waals surface area contributed by atoms with E-state index in [-0.39, 0.29) is 6.04 Å². The van der Waals surface area contributed by atoms with E-state index in [9.17, 15) is 0 Å². The van der Waals surface area contributed by atoms with Gasteiger partial charge in [-0.1, -0.05) is 12.1 Å². The van der Waals surface area contributed by atoms with Crippen LogP contribution in [0.15, 0.2) is 42.9 Å². The summed E-state index contributed by atoms with van der Waals surface area (Å²) >= 11 is 0. The van der Waals surface area contributed by atoms with E-state index in [1.54, 1.807) is 6.20 Å². The maximum atomic E-state index is 6.22. The number of pyridine rings is 1. The molecular formula is C19H19N7. The summed E-state index contributed by atoms with van der Waals surface area (Å²) in [5, 5.41) is 10.3.